The normalized spacial score (nSPS) is 13.8. The molecule has 0 saturated heterocycles. The molecule has 0 bridgehead atoms. The first-order valence-electron chi connectivity index (χ1n) is 24.2. The molecule has 0 aliphatic carbocycles. The summed E-state index contributed by atoms with van der Waals surface area (Å²) in [7, 11) is 0. The van der Waals surface area contributed by atoms with E-state index in [9.17, 15) is 0 Å². The van der Waals surface area contributed by atoms with Crippen molar-refractivity contribution in [2.24, 2.45) is 0 Å². The van der Waals surface area contributed by atoms with Gasteiger partial charge in [-0.25, -0.2) is 0 Å². The highest BCUT2D eigenvalue weighted by molar-refractivity contribution is 6.90. The molecule has 2 aliphatic heterocycles. The number of fused-ring (bicyclic) bond motifs is 12. The Morgan fingerprint density at radius 2 is 1.03 bits per heavy atom. The summed E-state index contributed by atoms with van der Waals surface area (Å²) >= 11 is 0. The minimum Gasteiger partial charge on any atom is -0.375 e. The van der Waals surface area contributed by atoms with Crippen molar-refractivity contribution in [1.82, 2.24) is 9.05 Å². The van der Waals surface area contributed by atoms with Crippen molar-refractivity contribution in [2.75, 3.05) is 0 Å². The van der Waals surface area contributed by atoms with Gasteiger partial charge < -0.3 is 9.05 Å². The molecule has 8 aromatic carbocycles. The van der Waals surface area contributed by atoms with E-state index in [1.165, 1.54) is 132 Å². The molecule has 0 fully saturated rings. The van der Waals surface area contributed by atoms with Crippen LogP contribution in [0.1, 0.15) is 111 Å². The van der Waals surface area contributed by atoms with Crippen LogP contribution in [0.25, 0.3) is 93.5 Å². The fraction of sp³-hybridized carbons (Fsp3) is 0.270. The molecule has 4 heterocycles. The van der Waals surface area contributed by atoms with E-state index in [4.69, 9.17) is 0 Å². The van der Waals surface area contributed by atoms with Crippen LogP contribution in [-0.4, -0.2) is 15.9 Å². The predicted molar refractivity (Wildman–Crippen MR) is 288 cm³/mol. The average molecular weight is 857 g/mol. The zero-order valence-corrected chi connectivity index (χ0v) is 41.2. The van der Waals surface area contributed by atoms with E-state index in [2.05, 4.69) is 233 Å². The molecule has 0 spiro atoms. The van der Waals surface area contributed by atoms with Crippen molar-refractivity contribution in [3.63, 3.8) is 0 Å². The van der Waals surface area contributed by atoms with Gasteiger partial charge in [0, 0.05) is 43.8 Å². The molecule has 0 amide bonds. The molecule has 12 rings (SSSR count). The van der Waals surface area contributed by atoms with Crippen LogP contribution in [0.15, 0.2) is 133 Å². The Bertz CT molecular complexity index is 3710. The van der Waals surface area contributed by atoms with Crippen molar-refractivity contribution in [2.45, 2.75) is 112 Å². The topological polar surface area (TPSA) is 9.86 Å². The maximum absolute atomic E-state index is 2.76. The van der Waals surface area contributed by atoms with Gasteiger partial charge in [-0.05, 0) is 154 Å². The van der Waals surface area contributed by atoms with Gasteiger partial charge in [-0.3, -0.25) is 0 Å². The van der Waals surface area contributed by atoms with Gasteiger partial charge in [0.15, 0.2) is 0 Å². The summed E-state index contributed by atoms with van der Waals surface area (Å²) in [4.78, 5) is 0. The molecule has 66 heavy (non-hydrogen) atoms. The standard InChI is InChI=1S/C63H61BN2/c1-36-18-14-16-20-45(36)38-22-24-53-51(28-38)56-46-21-17-15-19-37(46)30-52-59(56)65(53)55-31-40(39-26-42(61(5,6)7)32-43(27-39)62(8,9)10)29-48-50-35-44(63(11,12)13)34-49-47-33-41(60(2,3)4)23-25-54(47)66(58(49)50)64(52)57(48)55/h14-35H,1-13H3. The fourth-order valence-corrected chi connectivity index (χ4v) is 11.6. The summed E-state index contributed by atoms with van der Waals surface area (Å²) in [5, 5.41) is 7.93. The Morgan fingerprint density at radius 3 is 1.73 bits per heavy atom. The van der Waals surface area contributed by atoms with E-state index < -0.39 is 0 Å². The summed E-state index contributed by atoms with van der Waals surface area (Å²) in [6.07, 6.45) is 0. The van der Waals surface area contributed by atoms with E-state index in [0.717, 1.165) is 0 Å². The summed E-state index contributed by atoms with van der Waals surface area (Å²) in [5.41, 5.74) is 23.7. The predicted octanol–water partition coefficient (Wildman–Crippen LogP) is 15.8. The number of aryl methyl sites for hydroxylation is 1. The van der Waals surface area contributed by atoms with E-state index in [1.54, 1.807) is 0 Å². The Hall–Kier alpha value is -6.32. The lowest BCUT2D eigenvalue weighted by Crippen LogP contribution is -2.55. The van der Waals surface area contributed by atoms with Gasteiger partial charge in [0.25, 0.3) is 0 Å². The van der Waals surface area contributed by atoms with E-state index in [-0.39, 0.29) is 28.5 Å². The van der Waals surface area contributed by atoms with Gasteiger partial charge in [0.1, 0.15) is 0 Å². The summed E-state index contributed by atoms with van der Waals surface area (Å²) in [5.74, 6) is 0. The third-order valence-corrected chi connectivity index (χ3v) is 15.4. The van der Waals surface area contributed by atoms with Crippen molar-refractivity contribution < 1.29 is 0 Å². The van der Waals surface area contributed by atoms with Crippen molar-refractivity contribution in [3.05, 3.63) is 161 Å². The van der Waals surface area contributed by atoms with Gasteiger partial charge >= 0.3 is 6.85 Å². The van der Waals surface area contributed by atoms with Crippen LogP contribution in [0.4, 0.5) is 0 Å². The van der Waals surface area contributed by atoms with E-state index in [1.807, 2.05) is 0 Å². The third kappa shape index (κ3) is 5.87. The van der Waals surface area contributed by atoms with Crippen molar-refractivity contribution in [1.29, 1.82) is 0 Å². The molecule has 2 aromatic heterocycles. The number of hydrogen-bond acceptors (Lipinski definition) is 0. The number of nitrogens with zero attached hydrogens (tertiary/aromatic N) is 2. The molecule has 0 radical (unpaired) electrons. The Kier molecular flexibility index (Phi) is 8.36. The first-order chi connectivity index (χ1) is 31.2. The zero-order chi connectivity index (χ0) is 46.1. The molecule has 0 saturated carbocycles. The van der Waals surface area contributed by atoms with Gasteiger partial charge in [0.2, 0.25) is 0 Å². The Labute approximate surface area is 391 Å². The smallest absolute Gasteiger partial charge is 0.333 e. The van der Waals surface area contributed by atoms with E-state index >= 15 is 0 Å². The van der Waals surface area contributed by atoms with Crippen LogP contribution < -0.4 is 10.9 Å². The quantitative estimate of drug-likeness (QED) is 0.153. The van der Waals surface area contributed by atoms with Crippen LogP contribution in [0.2, 0.25) is 0 Å². The Morgan fingerprint density at radius 1 is 0.409 bits per heavy atom. The lowest BCUT2D eigenvalue weighted by molar-refractivity contribution is 0.569. The SMILES string of the molecule is Cc1ccccc1-c1ccc2c(c1)c1c3ccccc3cc3c1n2-c1cc(-c2cc(C(C)(C)C)cc(C(C)(C)C)c2)cc2c1B3n1c3ccc(C(C)(C)C)cc3c3cc(C(C)(C)C)cc-2c31. The third-order valence-electron chi connectivity index (χ3n) is 15.4. The second-order valence-corrected chi connectivity index (χ2v) is 24.0. The molecule has 10 aromatic rings. The highest BCUT2D eigenvalue weighted by atomic mass is 15.0. The molecule has 2 nitrogen and oxygen atoms in total. The highest BCUT2D eigenvalue weighted by Crippen LogP contribution is 2.48. The lowest BCUT2D eigenvalue weighted by Gasteiger charge is -2.35. The summed E-state index contributed by atoms with van der Waals surface area (Å²) in [6, 6.07) is 52.8. The largest absolute Gasteiger partial charge is 0.375 e. The molecule has 326 valence electrons. The molecule has 2 aliphatic rings. The maximum Gasteiger partial charge on any atom is 0.333 e. The molecule has 3 heteroatoms. The van der Waals surface area contributed by atoms with Crippen molar-refractivity contribution >= 4 is 72.2 Å². The van der Waals surface area contributed by atoms with Crippen LogP contribution in [0.5, 0.6) is 0 Å². The summed E-state index contributed by atoms with van der Waals surface area (Å²) in [6.45, 7) is 30.5. The van der Waals surface area contributed by atoms with Gasteiger partial charge in [0.05, 0.1) is 11.0 Å². The second-order valence-electron chi connectivity index (χ2n) is 24.0. The molecule has 0 atom stereocenters. The van der Waals surface area contributed by atoms with Crippen LogP contribution >= 0.6 is 0 Å². The van der Waals surface area contributed by atoms with E-state index in [0.29, 0.717) is 0 Å². The number of aromatic nitrogens is 2. The monoisotopic (exact) mass is 856 g/mol. The first kappa shape index (κ1) is 41.1. The van der Waals surface area contributed by atoms with Gasteiger partial charge in [-0.1, -0.05) is 168 Å². The van der Waals surface area contributed by atoms with Crippen LogP contribution in [-0.2, 0) is 21.7 Å². The molecular formula is C63H61BN2. The van der Waals surface area contributed by atoms with Crippen LogP contribution in [0, 0.1) is 6.92 Å². The fourth-order valence-electron chi connectivity index (χ4n) is 11.6. The minimum atomic E-state index is -0.0545. The molecule has 0 unspecified atom stereocenters. The highest BCUT2D eigenvalue weighted by Gasteiger charge is 2.43. The first-order valence-corrected chi connectivity index (χ1v) is 24.2. The molecule has 0 N–H and O–H groups in total. The van der Waals surface area contributed by atoms with Gasteiger partial charge in [-0.2, -0.15) is 0 Å². The maximum atomic E-state index is 2.76. The average Bonchev–Trinajstić information content (AvgIpc) is 3.78. The van der Waals surface area contributed by atoms with Crippen LogP contribution in [0.3, 0.4) is 0 Å². The summed E-state index contributed by atoms with van der Waals surface area (Å²) < 4.78 is 5.43. The number of rotatable bonds is 2. The molecular weight excluding hydrogens is 796 g/mol. The van der Waals surface area contributed by atoms with Gasteiger partial charge in [-0.15, -0.1) is 0 Å². The van der Waals surface area contributed by atoms with Crippen molar-refractivity contribution in [3.8, 4) is 39.1 Å². The second kappa shape index (κ2) is 13.4. The number of benzene rings is 8. The minimum absolute atomic E-state index is 0.0127. The zero-order valence-electron chi connectivity index (χ0n) is 41.2. The lowest BCUT2D eigenvalue weighted by atomic mass is 9.45. The Balaban J connectivity index is 1.30. The number of hydrogen-bond donors (Lipinski definition) is 0.